The molecular weight excluding hydrogens is 170 g/mol. The molecule has 1 heterocycles. The first kappa shape index (κ1) is 7.67. The summed E-state index contributed by atoms with van der Waals surface area (Å²) >= 11 is 5.39. The van der Waals surface area contributed by atoms with Crippen molar-refractivity contribution in [1.82, 2.24) is 15.0 Å². The van der Waals surface area contributed by atoms with Gasteiger partial charge >= 0.3 is 0 Å². The van der Waals surface area contributed by atoms with Gasteiger partial charge in [0.2, 0.25) is 23.6 Å². The molecule has 1 aromatic rings. The van der Waals surface area contributed by atoms with Gasteiger partial charge in [-0.05, 0) is 11.6 Å². The van der Waals surface area contributed by atoms with Crippen molar-refractivity contribution in [3.63, 3.8) is 0 Å². The molecule has 0 fully saturated rings. The van der Waals surface area contributed by atoms with E-state index in [1.165, 1.54) is 0 Å². The van der Waals surface area contributed by atoms with Gasteiger partial charge in [-0.3, -0.25) is 10.1 Å². The Bertz CT molecular complexity index is 257. The fourth-order valence-corrected chi connectivity index (χ4v) is 0.649. The van der Waals surface area contributed by atoms with Crippen LogP contribution in [0.1, 0.15) is 0 Å². The lowest BCUT2D eigenvalue weighted by Crippen LogP contribution is -2.04. The monoisotopic (exact) mass is 173 g/mol. The Hall–Kier alpha value is -1.43. The van der Waals surface area contributed by atoms with Gasteiger partial charge in [0.05, 0.1) is 0 Å². The molecule has 0 atom stereocenters. The van der Waals surface area contributed by atoms with Crippen LogP contribution in [-0.2, 0) is 4.79 Å². The fourth-order valence-electron chi connectivity index (χ4n) is 0.483. The van der Waals surface area contributed by atoms with E-state index in [0.29, 0.717) is 6.41 Å². The average Bonchev–Trinajstić information content (AvgIpc) is 1.85. The number of nitrogens with two attached hydrogens (primary N) is 1. The van der Waals surface area contributed by atoms with Gasteiger partial charge in [0.1, 0.15) is 0 Å². The van der Waals surface area contributed by atoms with Crippen LogP contribution in [0.5, 0.6) is 0 Å². The van der Waals surface area contributed by atoms with E-state index in [0.717, 1.165) is 0 Å². The van der Waals surface area contributed by atoms with E-state index in [-0.39, 0.29) is 17.2 Å². The summed E-state index contributed by atoms with van der Waals surface area (Å²) in [5, 5.41) is 2.13. The van der Waals surface area contributed by atoms with E-state index >= 15 is 0 Å². The predicted octanol–water partition coefficient (Wildman–Crippen LogP) is -0.325. The van der Waals surface area contributed by atoms with Crippen molar-refractivity contribution >= 4 is 29.9 Å². The quantitative estimate of drug-likeness (QED) is 0.598. The molecule has 0 aliphatic heterocycles. The highest BCUT2D eigenvalue weighted by Crippen LogP contribution is 2.05. The minimum atomic E-state index is -0.0538. The van der Waals surface area contributed by atoms with Crippen LogP contribution in [0, 0.1) is 0 Å². The van der Waals surface area contributed by atoms with Crippen LogP contribution < -0.4 is 11.1 Å². The fraction of sp³-hybridized carbons (Fsp3) is 0. The van der Waals surface area contributed by atoms with Crippen LogP contribution in [0.2, 0.25) is 5.28 Å². The molecule has 0 spiro atoms. The molecule has 3 N–H and O–H groups in total. The molecule has 11 heavy (non-hydrogen) atoms. The van der Waals surface area contributed by atoms with Crippen molar-refractivity contribution in [3.05, 3.63) is 5.28 Å². The first-order valence-corrected chi connectivity index (χ1v) is 2.97. The molecule has 0 saturated heterocycles. The highest BCUT2D eigenvalue weighted by atomic mass is 35.5. The van der Waals surface area contributed by atoms with Crippen LogP contribution in [0.3, 0.4) is 0 Å². The first-order chi connectivity index (χ1) is 5.22. The summed E-state index contributed by atoms with van der Waals surface area (Å²) in [6.07, 6.45) is 0.422. The number of aromatic nitrogens is 3. The number of hydrogen-bond donors (Lipinski definition) is 2. The second-order valence-electron chi connectivity index (χ2n) is 1.55. The molecule has 7 heteroatoms. The van der Waals surface area contributed by atoms with Crippen molar-refractivity contribution in [2.75, 3.05) is 11.1 Å². The lowest BCUT2D eigenvalue weighted by molar-refractivity contribution is -0.105. The number of nitrogens with zero attached hydrogens (tertiary/aromatic N) is 3. The SMILES string of the molecule is Nc1nc(Cl)nc(NC=O)n1. The summed E-state index contributed by atoms with van der Waals surface area (Å²) < 4.78 is 0. The highest BCUT2D eigenvalue weighted by molar-refractivity contribution is 6.28. The van der Waals surface area contributed by atoms with Gasteiger partial charge in [-0.25, -0.2) is 0 Å². The summed E-state index contributed by atoms with van der Waals surface area (Å²) in [5.41, 5.74) is 5.19. The molecule has 0 aliphatic rings. The molecule has 6 nitrogen and oxygen atoms in total. The molecule has 0 radical (unpaired) electrons. The molecule has 0 aliphatic carbocycles. The summed E-state index contributed by atoms with van der Waals surface area (Å²) in [4.78, 5) is 20.5. The molecule has 1 amide bonds. The van der Waals surface area contributed by atoms with Crippen LogP contribution in [0.25, 0.3) is 0 Å². The van der Waals surface area contributed by atoms with Gasteiger partial charge in [-0.2, -0.15) is 15.0 Å². The zero-order chi connectivity index (χ0) is 8.27. The number of anilines is 2. The Morgan fingerprint density at radius 3 is 2.73 bits per heavy atom. The van der Waals surface area contributed by atoms with E-state index < -0.39 is 0 Å². The smallest absolute Gasteiger partial charge is 0.235 e. The normalized spacial score (nSPS) is 9.18. The van der Waals surface area contributed by atoms with Gasteiger partial charge in [0, 0.05) is 0 Å². The second kappa shape index (κ2) is 3.11. The van der Waals surface area contributed by atoms with E-state index in [1.807, 2.05) is 0 Å². The topological polar surface area (TPSA) is 93.8 Å². The Morgan fingerprint density at radius 2 is 2.18 bits per heavy atom. The number of carbonyl (C=O) groups excluding carboxylic acids is 1. The third-order valence-corrected chi connectivity index (χ3v) is 0.982. The standard InChI is InChI=1S/C4H4ClN5O/c5-2-8-3(6)10-4(9-2)7-1-11/h1H,(H3,6,7,8,9,10,11). The maximum absolute atomic E-state index is 9.90. The van der Waals surface area contributed by atoms with Crippen LogP contribution in [0.4, 0.5) is 11.9 Å². The van der Waals surface area contributed by atoms with Crippen molar-refractivity contribution in [1.29, 1.82) is 0 Å². The lowest BCUT2D eigenvalue weighted by Gasteiger charge is -1.96. The number of nitrogens with one attached hydrogen (secondary N) is 1. The molecule has 0 bridgehead atoms. The van der Waals surface area contributed by atoms with Crippen LogP contribution in [-0.4, -0.2) is 21.4 Å². The zero-order valence-corrected chi connectivity index (χ0v) is 6.04. The maximum atomic E-state index is 9.90. The molecule has 1 rings (SSSR count). The van der Waals surface area contributed by atoms with Crippen molar-refractivity contribution in [2.24, 2.45) is 0 Å². The van der Waals surface area contributed by atoms with Crippen molar-refractivity contribution in [3.8, 4) is 0 Å². The van der Waals surface area contributed by atoms with Crippen molar-refractivity contribution < 1.29 is 4.79 Å². The number of hydrogen-bond acceptors (Lipinski definition) is 5. The molecule has 0 unspecified atom stereocenters. The Labute approximate surface area is 66.8 Å². The van der Waals surface area contributed by atoms with E-state index in [1.54, 1.807) is 0 Å². The number of carbonyl (C=O) groups is 1. The van der Waals surface area contributed by atoms with Crippen molar-refractivity contribution in [2.45, 2.75) is 0 Å². The van der Waals surface area contributed by atoms with Gasteiger partial charge in [0.25, 0.3) is 0 Å². The Morgan fingerprint density at radius 1 is 1.45 bits per heavy atom. The number of nitrogen functional groups attached to an aromatic ring is 1. The third-order valence-electron chi connectivity index (χ3n) is 0.813. The molecular formula is C4H4ClN5O. The summed E-state index contributed by atoms with van der Waals surface area (Å²) in [6, 6.07) is 0. The largest absolute Gasteiger partial charge is 0.368 e. The summed E-state index contributed by atoms with van der Waals surface area (Å²) in [5.74, 6) is 0.00634. The minimum Gasteiger partial charge on any atom is -0.368 e. The van der Waals surface area contributed by atoms with E-state index in [4.69, 9.17) is 17.3 Å². The number of rotatable bonds is 2. The highest BCUT2D eigenvalue weighted by Gasteiger charge is 1.99. The molecule has 1 aromatic heterocycles. The van der Waals surface area contributed by atoms with Gasteiger partial charge < -0.3 is 5.73 Å². The maximum Gasteiger partial charge on any atom is 0.235 e. The van der Waals surface area contributed by atoms with Gasteiger partial charge in [0.15, 0.2) is 0 Å². The summed E-state index contributed by atoms with van der Waals surface area (Å²) in [6.45, 7) is 0. The number of halogens is 1. The van der Waals surface area contributed by atoms with Gasteiger partial charge in [-0.15, -0.1) is 0 Å². The summed E-state index contributed by atoms with van der Waals surface area (Å²) in [7, 11) is 0. The third kappa shape index (κ3) is 2.01. The molecule has 58 valence electrons. The zero-order valence-electron chi connectivity index (χ0n) is 5.28. The first-order valence-electron chi connectivity index (χ1n) is 2.59. The Balaban J connectivity index is 2.98. The average molecular weight is 174 g/mol. The second-order valence-corrected chi connectivity index (χ2v) is 1.89. The molecule has 0 aromatic carbocycles. The minimum absolute atomic E-state index is 0.0330. The number of amides is 1. The van der Waals surface area contributed by atoms with Crippen LogP contribution in [0.15, 0.2) is 0 Å². The molecule has 0 saturated carbocycles. The Kier molecular flexibility index (Phi) is 2.17. The van der Waals surface area contributed by atoms with E-state index in [9.17, 15) is 4.79 Å². The predicted molar refractivity (Wildman–Crippen MR) is 38.9 cm³/mol. The van der Waals surface area contributed by atoms with E-state index in [2.05, 4.69) is 20.3 Å². The van der Waals surface area contributed by atoms with Crippen LogP contribution >= 0.6 is 11.6 Å². The lowest BCUT2D eigenvalue weighted by atomic mass is 10.9. The van der Waals surface area contributed by atoms with Gasteiger partial charge in [-0.1, -0.05) is 0 Å².